The average Bonchev–Trinajstić information content (AvgIpc) is 2.21. The average molecular weight is 256 g/mol. The molecule has 86 valence electrons. The normalized spacial score (nSPS) is 11.2. The predicted molar refractivity (Wildman–Crippen MR) is 66.7 cm³/mol. The number of isothiocyanates is 1. The van der Waals surface area contributed by atoms with E-state index in [4.69, 9.17) is 0 Å². The molecule has 1 rings (SSSR count). The van der Waals surface area contributed by atoms with Gasteiger partial charge in [-0.25, -0.2) is 12.7 Å². The molecule has 16 heavy (non-hydrogen) atoms. The zero-order valence-corrected chi connectivity index (χ0v) is 10.9. The maximum Gasteiger partial charge on any atom is 0.242 e. The minimum Gasteiger partial charge on any atom is -0.207 e. The van der Waals surface area contributed by atoms with E-state index >= 15 is 0 Å². The first kappa shape index (κ1) is 13.0. The number of rotatable bonds is 3. The molecule has 1 aromatic rings. The monoisotopic (exact) mass is 256 g/mol. The molecule has 1 aromatic carbocycles. The molecule has 0 heterocycles. The first-order valence-electron chi connectivity index (χ1n) is 4.50. The third-order valence-electron chi connectivity index (χ3n) is 2.13. The molecule has 0 unspecified atom stereocenters. The van der Waals surface area contributed by atoms with Crippen molar-refractivity contribution < 1.29 is 8.42 Å². The van der Waals surface area contributed by atoms with Crippen LogP contribution in [0.15, 0.2) is 28.1 Å². The molecule has 0 saturated carbocycles. The van der Waals surface area contributed by atoms with Crippen molar-refractivity contribution in [2.75, 3.05) is 14.1 Å². The molecule has 0 bridgehead atoms. The molecule has 0 amide bonds. The van der Waals surface area contributed by atoms with Gasteiger partial charge in [-0.3, -0.25) is 0 Å². The summed E-state index contributed by atoms with van der Waals surface area (Å²) in [7, 11) is -0.456. The molecule has 0 aliphatic rings. The molecule has 0 atom stereocenters. The van der Waals surface area contributed by atoms with Crippen molar-refractivity contribution >= 4 is 33.1 Å². The second kappa shape index (κ2) is 4.84. The fraction of sp³-hybridized carbons (Fsp3) is 0.300. The highest BCUT2D eigenvalue weighted by Gasteiger charge is 2.17. The quantitative estimate of drug-likeness (QED) is 0.614. The number of thiocarbonyl (C=S) groups is 1. The van der Waals surface area contributed by atoms with E-state index in [0.717, 1.165) is 9.87 Å². The second-order valence-electron chi connectivity index (χ2n) is 3.44. The Morgan fingerprint density at radius 2 is 2.00 bits per heavy atom. The van der Waals surface area contributed by atoms with Crippen LogP contribution in [-0.2, 0) is 10.0 Å². The van der Waals surface area contributed by atoms with Gasteiger partial charge in [-0.05, 0) is 36.8 Å². The molecule has 0 aromatic heterocycles. The second-order valence-corrected chi connectivity index (χ2v) is 5.77. The standard InChI is InChI=1S/C10H12N2O2S2/c1-8-4-5-9(6-10(8)11-7-15)16(13,14)12(2)3/h4-6H,1-3H3. The molecular weight excluding hydrogens is 244 g/mol. The number of hydrogen-bond acceptors (Lipinski definition) is 4. The van der Waals surface area contributed by atoms with Gasteiger partial charge >= 0.3 is 0 Å². The van der Waals surface area contributed by atoms with Gasteiger partial charge in [0.25, 0.3) is 0 Å². The van der Waals surface area contributed by atoms with E-state index in [1.165, 1.54) is 20.2 Å². The van der Waals surface area contributed by atoms with Gasteiger partial charge in [-0.1, -0.05) is 6.07 Å². The van der Waals surface area contributed by atoms with Gasteiger partial charge < -0.3 is 0 Å². The van der Waals surface area contributed by atoms with E-state index < -0.39 is 10.0 Å². The molecule has 0 aliphatic heterocycles. The Kier molecular flexibility index (Phi) is 3.93. The zero-order chi connectivity index (χ0) is 12.3. The summed E-state index contributed by atoms with van der Waals surface area (Å²) in [5.74, 6) is 0. The summed E-state index contributed by atoms with van der Waals surface area (Å²) < 4.78 is 24.8. The van der Waals surface area contributed by atoms with Gasteiger partial charge in [0, 0.05) is 14.1 Å². The third-order valence-corrected chi connectivity index (χ3v) is 4.03. The minimum absolute atomic E-state index is 0.201. The lowest BCUT2D eigenvalue weighted by atomic mass is 10.2. The smallest absolute Gasteiger partial charge is 0.207 e. The van der Waals surface area contributed by atoms with Crippen LogP contribution in [0.3, 0.4) is 0 Å². The van der Waals surface area contributed by atoms with Crippen LogP contribution in [0.2, 0.25) is 0 Å². The Labute approximate surface area is 101 Å². The first-order valence-corrected chi connectivity index (χ1v) is 6.35. The number of aryl methyl sites for hydroxylation is 1. The van der Waals surface area contributed by atoms with Crippen molar-refractivity contribution in [3.8, 4) is 0 Å². The lowest BCUT2D eigenvalue weighted by Gasteiger charge is -2.12. The molecule has 0 radical (unpaired) electrons. The number of benzene rings is 1. The van der Waals surface area contributed by atoms with Crippen molar-refractivity contribution in [3.05, 3.63) is 23.8 Å². The summed E-state index contributed by atoms with van der Waals surface area (Å²) >= 11 is 4.51. The van der Waals surface area contributed by atoms with E-state index in [1.54, 1.807) is 12.1 Å². The first-order chi connectivity index (χ1) is 7.39. The lowest BCUT2D eigenvalue weighted by Crippen LogP contribution is -2.22. The fourth-order valence-electron chi connectivity index (χ4n) is 1.13. The molecule has 6 heteroatoms. The van der Waals surface area contributed by atoms with Crippen LogP contribution in [0.25, 0.3) is 0 Å². The van der Waals surface area contributed by atoms with Crippen molar-refractivity contribution in [2.24, 2.45) is 4.99 Å². The van der Waals surface area contributed by atoms with E-state index in [-0.39, 0.29) is 4.90 Å². The van der Waals surface area contributed by atoms with E-state index in [0.29, 0.717) is 5.69 Å². The van der Waals surface area contributed by atoms with Crippen LogP contribution in [0.5, 0.6) is 0 Å². The molecular formula is C10H12N2O2S2. The summed E-state index contributed by atoms with van der Waals surface area (Å²) in [6.45, 7) is 1.83. The Balaban J connectivity index is 3.39. The topological polar surface area (TPSA) is 49.7 Å². The fourth-order valence-corrected chi connectivity index (χ4v) is 2.15. The van der Waals surface area contributed by atoms with Crippen LogP contribution in [0.1, 0.15) is 5.56 Å². The summed E-state index contributed by atoms with van der Waals surface area (Å²) in [4.78, 5) is 4.02. The van der Waals surface area contributed by atoms with E-state index in [2.05, 4.69) is 22.4 Å². The third kappa shape index (κ3) is 2.54. The largest absolute Gasteiger partial charge is 0.242 e. The van der Waals surface area contributed by atoms with E-state index in [9.17, 15) is 8.42 Å². The summed E-state index contributed by atoms with van der Waals surface area (Å²) in [6.07, 6.45) is 0. The molecule has 0 spiro atoms. The summed E-state index contributed by atoms with van der Waals surface area (Å²) in [5.41, 5.74) is 1.38. The van der Waals surface area contributed by atoms with Crippen molar-refractivity contribution in [1.82, 2.24) is 4.31 Å². The van der Waals surface area contributed by atoms with Crippen molar-refractivity contribution in [3.63, 3.8) is 0 Å². The zero-order valence-electron chi connectivity index (χ0n) is 9.26. The Morgan fingerprint density at radius 1 is 1.38 bits per heavy atom. The van der Waals surface area contributed by atoms with Crippen molar-refractivity contribution in [1.29, 1.82) is 0 Å². The number of aliphatic imine (C=N–C) groups is 1. The van der Waals surface area contributed by atoms with Crippen LogP contribution in [0.4, 0.5) is 5.69 Å². The van der Waals surface area contributed by atoms with Gasteiger partial charge in [0.2, 0.25) is 10.0 Å². The Bertz CT molecular complexity index is 544. The highest BCUT2D eigenvalue weighted by atomic mass is 32.2. The Morgan fingerprint density at radius 3 is 2.50 bits per heavy atom. The SMILES string of the molecule is Cc1ccc(S(=O)(=O)N(C)C)cc1N=C=S. The van der Waals surface area contributed by atoms with Crippen LogP contribution < -0.4 is 0 Å². The van der Waals surface area contributed by atoms with Crippen molar-refractivity contribution in [2.45, 2.75) is 11.8 Å². The number of nitrogens with zero attached hydrogens (tertiary/aromatic N) is 2. The maximum absolute atomic E-state index is 11.8. The van der Waals surface area contributed by atoms with Gasteiger partial charge in [0.05, 0.1) is 15.7 Å². The number of sulfonamides is 1. The van der Waals surface area contributed by atoms with Crippen LogP contribution in [0, 0.1) is 6.92 Å². The lowest BCUT2D eigenvalue weighted by molar-refractivity contribution is 0.521. The molecule has 0 N–H and O–H groups in total. The molecule has 0 saturated heterocycles. The van der Waals surface area contributed by atoms with Gasteiger partial charge in [0.15, 0.2) is 0 Å². The highest BCUT2D eigenvalue weighted by molar-refractivity contribution is 7.89. The summed E-state index contributed by atoms with van der Waals surface area (Å²) in [5, 5.41) is 2.23. The minimum atomic E-state index is -3.42. The Hall–Kier alpha value is -1.07. The van der Waals surface area contributed by atoms with E-state index in [1.807, 2.05) is 6.92 Å². The van der Waals surface area contributed by atoms with Gasteiger partial charge in [-0.2, -0.15) is 4.99 Å². The van der Waals surface area contributed by atoms with Crippen LogP contribution in [-0.4, -0.2) is 32.0 Å². The maximum atomic E-state index is 11.8. The molecule has 4 nitrogen and oxygen atoms in total. The van der Waals surface area contributed by atoms with Gasteiger partial charge in [-0.15, -0.1) is 0 Å². The molecule has 0 fully saturated rings. The highest BCUT2D eigenvalue weighted by Crippen LogP contribution is 2.23. The number of hydrogen-bond donors (Lipinski definition) is 0. The van der Waals surface area contributed by atoms with Gasteiger partial charge in [0.1, 0.15) is 0 Å². The molecule has 0 aliphatic carbocycles. The summed E-state index contributed by atoms with van der Waals surface area (Å²) in [6, 6.07) is 4.74. The predicted octanol–water partition coefficient (Wildman–Crippen LogP) is 1.98. The van der Waals surface area contributed by atoms with Crippen LogP contribution >= 0.6 is 12.2 Å².